The molecule has 1 aromatic carbocycles. The lowest BCUT2D eigenvalue weighted by Gasteiger charge is -2.14. The molecule has 0 atom stereocenters. The highest BCUT2D eigenvalue weighted by Crippen LogP contribution is 2.26. The van der Waals surface area contributed by atoms with Crippen molar-refractivity contribution in [3.63, 3.8) is 0 Å². The molecule has 6 heteroatoms. The topological polar surface area (TPSA) is 65.6 Å². The van der Waals surface area contributed by atoms with Gasteiger partial charge < -0.3 is 14.8 Å². The molecule has 0 bridgehead atoms. The van der Waals surface area contributed by atoms with E-state index < -0.39 is 0 Å². The Morgan fingerprint density at radius 3 is 2.67 bits per heavy atom. The highest BCUT2D eigenvalue weighted by atomic mass is 32.1. The summed E-state index contributed by atoms with van der Waals surface area (Å²) in [5.41, 5.74) is 1.81. The monoisotopic (exact) mass is 308 g/mol. The molecule has 0 aliphatic heterocycles. The zero-order valence-corrected chi connectivity index (χ0v) is 13.1. The molecule has 2 aromatic rings. The summed E-state index contributed by atoms with van der Waals surface area (Å²) in [6.45, 7) is 3.89. The second kappa shape index (κ2) is 7.40. The zero-order chi connectivity index (χ0) is 15.2. The Morgan fingerprint density at radius 1 is 1.33 bits per heavy atom. The van der Waals surface area contributed by atoms with E-state index in [2.05, 4.69) is 4.98 Å². The molecule has 21 heavy (non-hydrogen) atoms. The molecule has 0 aliphatic rings. The van der Waals surface area contributed by atoms with Gasteiger partial charge in [0, 0.05) is 18.0 Å². The quantitative estimate of drug-likeness (QED) is 0.820. The van der Waals surface area contributed by atoms with Crippen LogP contribution in [-0.2, 0) is 6.54 Å². The number of aliphatic hydroxyl groups excluding tert-OH is 1. The van der Waals surface area contributed by atoms with Crippen molar-refractivity contribution in [1.29, 1.82) is 0 Å². The van der Waals surface area contributed by atoms with Crippen LogP contribution in [0.2, 0.25) is 0 Å². The third kappa shape index (κ3) is 4.17. The van der Waals surface area contributed by atoms with Gasteiger partial charge in [-0.05, 0) is 43.8 Å². The molecule has 2 N–H and O–H groups in total. The first-order valence-corrected chi connectivity index (χ1v) is 7.70. The average Bonchev–Trinajstić information content (AvgIpc) is 2.81. The van der Waals surface area contributed by atoms with Crippen molar-refractivity contribution < 1.29 is 9.84 Å². The Labute approximate surface area is 127 Å². The first-order valence-electron chi connectivity index (χ1n) is 6.88. The van der Waals surface area contributed by atoms with Crippen LogP contribution in [0.3, 0.4) is 0 Å². The highest BCUT2D eigenvalue weighted by molar-refractivity contribution is 7.09. The first-order chi connectivity index (χ1) is 10.1. The number of nitrogens with zero attached hydrogens (tertiary/aromatic N) is 1. The smallest absolute Gasteiger partial charge is 0.305 e. The fourth-order valence-electron chi connectivity index (χ4n) is 2.08. The number of thiazole rings is 1. The van der Waals surface area contributed by atoms with Gasteiger partial charge in [-0.1, -0.05) is 11.3 Å². The number of likely N-dealkylation sites (N-methyl/N-ethyl adjacent to an activating group) is 1. The SMILES string of the molecule is CCOc1ccc(-c2[nH]c(=O)sc2CN(C)CCO)cc1. The van der Waals surface area contributed by atoms with E-state index in [1.807, 2.05) is 43.1 Å². The van der Waals surface area contributed by atoms with Gasteiger partial charge >= 0.3 is 4.87 Å². The number of hydrogen-bond acceptors (Lipinski definition) is 5. The largest absolute Gasteiger partial charge is 0.494 e. The molecule has 1 heterocycles. The number of H-pyrrole nitrogens is 1. The third-order valence-electron chi connectivity index (χ3n) is 3.07. The van der Waals surface area contributed by atoms with E-state index >= 15 is 0 Å². The molecular formula is C15H20N2O3S. The van der Waals surface area contributed by atoms with Gasteiger partial charge in [-0.15, -0.1) is 0 Å². The highest BCUT2D eigenvalue weighted by Gasteiger charge is 2.12. The molecule has 114 valence electrons. The van der Waals surface area contributed by atoms with Crippen molar-refractivity contribution in [2.24, 2.45) is 0 Å². The van der Waals surface area contributed by atoms with Crippen molar-refractivity contribution >= 4 is 11.3 Å². The van der Waals surface area contributed by atoms with Gasteiger partial charge in [-0.2, -0.15) is 0 Å². The van der Waals surface area contributed by atoms with E-state index in [1.165, 1.54) is 11.3 Å². The van der Waals surface area contributed by atoms with Gasteiger partial charge in [0.2, 0.25) is 0 Å². The molecule has 5 nitrogen and oxygen atoms in total. The predicted molar refractivity (Wildman–Crippen MR) is 85.0 cm³/mol. The molecule has 2 rings (SSSR count). The number of aromatic amines is 1. The van der Waals surface area contributed by atoms with Crippen LogP contribution in [0.4, 0.5) is 0 Å². The molecule has 1 aromatic heterocycles. The number of aromatic nitrogens is 1. The van der Waals surface area contributed by atoms with Gasteiger partial charge in [0.05, 0.1) is 18.9 Å². The van der Waals surface area contributed by atoms with Gasteiger partial charge in [0.15, 0.2) is 0 Å². The van der Waals surface area contributed by atoms with Gasteiger partial charge in [0.1, 0.15) is 5.75 Å². The summed E-state index contributed by atoms with van der Waals surface area (Å²) in [7, 11) is 1.92. The van der Waals surface area contributed by atoms with Crippen molar-refractivity contribution in [3.05, 3.63) is 38.8 Å². The Kier molecular flexibility index (Phi) is 5.55. The van der Waals surface area contributed by atoms with Crippen molar-refractivity contribution in [2.75, 3.05) is 26.8 Å². The molecule has 0 saturated carbocycles. The van der Waals surface area contributed by atoms with Crippen LogP contribution in [0.15, 0.2) is 29.1 Å². The molecule has 0 radical (unpaired) electrons. The van der Waals surface area contributed by atoms with E-state index in [0.29, 0.717) is 19.7 Å². The minimum atomic E-state index is -0.0636. The molecule has 0 aliphatic carbocycles. The van der Waals surface area contributed by atoms with Crippen LogP contribution in [-0.4, -0.2) is 41.8 Å². The normalized spacial score (nSPS) is 11.0. The zero-order valence-electron chi connectivity index (χ0n) is 12.3. The summed E-state index contributed by atoms with van der Waals surface area (Å²) in [6.07, 6.45) is 0. The molecule has 0 amide bonds. The summed E-state index contributed by atoms with van der Waals surface area (Å²) < 4.78 is 5.42. The maximum absolute atomic E-state index is 11.7. The second-order valence-corrected chi connectivity index (χ2v) is 5.80. The molecular weight excluding hydrogens is 288 g/mol. The molecule has 0 saturated heterocycles. The van der Waals surface area contributed by atoms with Crippen LogP contribution < -0.4 is 9.61 Å². The van der Waals surface area contributed by atoms with Crippen molar-refractivity contribution in [2.45, 2.75) is 13.5 Å². The lowest BCUT2D eigenvalue weighted by molar-refractivity contribution is 0.218. The number of benzene rings is 1. The average molecular weight is 308 g/mol. The van der Waals surface area contributed by atoms with Crippen LogP contribution in [0, 0.1) is 0 Å². The third-order valence-corrected chi connectivity index (χ3v) is 3.94. The first kappa shape index (κ1) is 15.8. The van der Waals surface area contributed by atoms with Crippen LogP contribution in [0.25, 0.3) is 11.3 Å². The number of hydrogen-bond donors (Lipinski definition) is 2. The predicted octanol–water partition coefficient (Wildman–Crippen LogP) is 1.93. The van der Waals surface area contributed by atoms with Crippen molar-refractivity contribution in [1.82, 2.24) is 9.88 Å². The number of nitrogens with one attached hydrogen (secondary N) is 1. The minimum Gasteiger partial charge on any atom is -0.494 e. The summed E-state index contributed by atoms with van der Waals surface area (Å²) in [6, 6.07) is 7.68. The summed E-state index contributed by atoms with van der Waals surface area (Å²) >= 11 is 1.21. The number of aliphatic hydroxyl groups is 1. The van der Waals surface area contributed by atoms with Crippen LogP contribution in [0.5, 0.6) is 5.75 Å². The molecule has 0 fully saturated rings. The maximum atomic E-state index is 11.7. The Morgan fingerprint density at radius 2 is 2.05 bits per heavy atom. The molecule has 0 spiro atoms. The number of ether oxygens (including phenoxy) is 1. The van der Waals surface area contributed by atoms with E-state index in [-0.39, 0.29) is 11.5 Å². The fraction of sp³-hybridized carbons (Fsp3) is 0.400. The Bertz CT molecular complexity index is 619. The van der Waals surface area contributed by atoms with E-state index in [4.69, 9.17) is 9.84 Å². The Balaban J connectivity index is 2.24. The maximum Gasteiger partial charge on any atom is 0.305 e. The number of rotatable bonds is 7. The summed E-state index contributed by atoms with van der Waals surface area (Å²) in [5.74, 6) is 0.817. The van der Waals surface area contributed by atoms with Crippen molar-refractivity contribution in [3.8, 4) is 17.0 Å². The van der Waals surface area contributed by atoms with Gasteiger partial charge in [0.25, 0.3) is 0 Å². The van der Waals surface area contributed by atoms with E-state index in [0.717, 1.165) is 21.9 Å². The van der Waals surface area contributed by atoms with Crippen LogP contribution in [0.1, 0.15) is 11.8 Å². The summed E-state index contributed by atoms with van der Waals surface area (Å²) in [5, 5.41) is 8.97. The Hall–Kier alpha value is -1.63. The lowest BCUT2D eigenvalue weighted by atomic mass is 10.1. The lowest BCUT2D eigenvalue weighted by Crippen LogP contribution is -2.21. The fourth-order valence-corrected chi connectivity index (χ4v) is 3.02. The van der Waals surface area contributed by atoms with E-state index in [9.17, 15) is 4.79 Å². The van der Waals surface area contributed by atoms with Gasteiger partial charge in [-0.25, -0.2) is 0 Å². The van der Waals surface area contributed by atoms with Crippen LogP contribution >= 0.6 is 11.3 Å². The second-order valence-electron chi connectivity index (χ2n) is 4.73. The summed E-state index contributed by atoms with van der Waals surface area (Å²) in [4.78, 5) is 17.4. The van der Waals surface area contributed by atoms with E-state index in [1.54, 1.807) is 0 Å². The minimum absolute atomic E-state index is 0.0636. The molecule has 0 unspecified atom stereocenters. The van der Waals surface area contributed by atoms with Gasteiger partial charge in [-0.3, -0.25) is 9.69 Å². The standard InChI is InChI=1S/C15H20N2O3S/c1-3-20-12-6-4-11(5-7-12)14-13(21-15(19)16-14)10-17(2)8-9-18/h4-7,18H,3,8-10H2,1-2H3,(H,16,19).